The predicted octanol–water partition coefficient (Wildman–Crippen LogP) is 3.03. The Labute approximate surface area is 145 Å². The van der Waals surface area contributed by atoms with Crippen LogP contribution in [-0.4, -0.2) is 25.5 Å². The van der Waals surface area contributed by atoms with E-state index in [9.17, 15) is 4.79 Å². The molecule has 1 amide bonds. The molecule has 23 heavy (non-hydrogen) atoms. The monoisotopic (exact) mass is 334 g/mol. The van der Waals surface area contributed by atoms with Crippen molar-refractivity contribution in [2.75, 3.05) is 19.6 Å². The van der Waals surface area contributed by atoms with Crippen LogP contribution in [0.3, 0.4) is 0 Å². The van der Waals surface area contributed by atoms with Gasteiger partial charge in [0.15, 0.2) is 0 Å². The van der Waals surface area contributed by atoms with Gasteiger partial charge in [-0.05, 0) is 49.3 Å². The summed E-state index contributed by atoms with van der Waals surface area (Å²) in [5.74, 6) is 1.37. The van der Waals surface area contributed by atoms with Crippen LogP contribution in [0.2, 0.25) is 0 Å². The van der Waals surface area contributed by atoms with Gasteiger partial charge in [-0.25, -0.2) is 0 Å². The minimum atomic E-state index is -0.115. The van der Waals surface area contributed by atoms with Gasteiger partial charge in [0.2, 0.25) is 5.91 Å². The Morgan fingerprint density at radius 3 is 3.04 bits per heavy atom. The van der Waals surface area contributed by atoms with Crippen LogP contribution in [0.25, 0.3) is 0 Å². The van der Waals surface area contributed by atoms with Crippen LogP contribution in [0.4, 0.5) is 0 Å². The number of hydrogen-bond acceptors (Lipinski definition) is 2. The van der Waals surface area contributed by atoms with Crippen LogP contribution >= 0.6 is 12.4 Å². The topological polar surface area (TPSA) is 41.1 Å². The van der Waals surface area contributed by atoms with Crippen molar-refractivity contribution in [2.24, 2.45) is 11.3 Å². The van der Waals surface area contributed by atoms with Gasteiger partial charge in [0.05, 0.1) is 5.41 Å². The van der Waals surface area contributed by atoms with Gasteiger partial charge in [0.1, 0.15) is 0 Å². The van der Waals surface area contributed by atoms with E-state index in [0.29, 0.717) is 17.7 Å². The lowest BCUT2D eigenvalue weighted by molar-refractivity contribution is -0.134. The molecule has 2 fully saturated rings. The molecule has 4 heteroatoms. The van der Waals surface area contributed by atoms with Gasteiger partial charge in [-0.3, -0.25) is 4.79 Å². The molecule has 3 aliphatic rings. The third kappa shape index (κ3) is 2.89. The second-order valence-corrected chi connectivity index (χ2v) is 7.37. The molecule has 126 valence electrons. The van der Waals surface area contributed by atoms with Gasteiger partial charge in [-0.1, -0.05) is 37.1 Å². The lowest BCUT2D eigenvalue weighted by Crippen LogP contribution is -2.48. The summed E-state index contributed by atoms with van der Waals surface area (Å²) < 4.78 is 0. The second kappa shape index (κ2) is 6.82. The molecule has 0 spiro atoms. The fourth-order valence-corrected chi connectivity index (χ4v) is 4.94. The third-order valence-corrected chi connectivity index (χ3v) is 6.26. The molecule has 1 saturated carbocycles. The number of fused-ring (bicyclic) bond motifs is 2. The van der Waals surface area contributed by atoms with E-state index in [4.69, 9.17) is 0 Å². The SMILES string of the molecule is Cl.O=C(NCC1CCc2ccccc21)[C@@]12CCCC[C@H]1CNC2. The Morgan fingerprint density at radius 1 is 1.26 bits per heavy atom. The van der Waals surface area contributed by atoms with Crippen molar-refractivity contribution in [2.45, 2.75) is 44.4 Å². The molecule has 1 heterocycles. The number of carbonyl (C=O) groups is 1. The Kier molecular flexibility index (Phi) is 4.98. The van der Waals surface area contributed by atoms with Gasteiger partial charge >= 0.3 is 0 Å². The van der Waals surface area contributed by atoms with Gasteiger partial charge in [-0.15, -0.1) is 12.4 Å². The van der Waals surface area contributed by atoms with Crippen molar-refractivity contribution in [3.05, 3.63) is 35.4 Å². The minimum Gasteiger partial charge on any atom is -0.355 e. The van der Waals surface area contributed by atoms with Gasteiger partial charge < -0.3 is 10.6 Å². The first-order valence-corrected chi connectivity index (χ1v) is 8.86. The summed E-state index contributed by atoms with van der Waals surface area (Å²) in [6.07, 6.45) is 7.11. The Bertz CT molecular complexity index is 576. The highest BCUT2D eigenvalue weighted by molar-refractivity contribution is 5.85. The number of nitrogens with one attached hydrogen (secondary N) is 2. The first-order chi connectivity index (χ1) is 10.8. The second-order valence-electron chi connectivity index (χ2n) is 7.37. The average molecular weight is 335 g/mol. The van der Waals surface area contributed by atoms with Crippen molar-refractivity contribution >= 4 is 18.3 Å². The van der Waals surface area contributed by atoms with E-state index in [2.05, 4.69) is 34.9 Å². The van der Waals surface area contributed by atoms with Crippen molar-refractivity contribution in [1.29, 1.82) is 0 Å². The van der Waals surface area contributed by atoms with Crippen molar-refractivity contribution in [1.82, 2.24) is 10.6 Å². The van der Waals surface area contributed by atoms with Crippen molar-refractivity contribution in [3.8, 4) is 0 Å². The van der Waals surface area contributed by atoms with Crippen LogP contribution in [-0.2, 0) is 11.2 Å². The Balaban J connectivity index is 0.00000156. The molecule has 1 unspecified atom stereocenters. The third-order valence-electron chi connectivity index (χ3n) is 6.26. The number of rotatable bonds is 3. The molecule has 3 atom stereocenters. The fraction of sp³-hybridized carbons (Fsp3) is 0.632. The minimum absolute atomic E-state index is 0. The van der Waals surface area contributed by atoms with E-state index >= 15 is 0 Å². The van der Waals surface area contributed by atoms with Gasteiger partial charge in [-0.2, -0.15) is 0 Å². The normalized spacial score (nSPS) is 31.8. The molecular weight excluding hydrogens is 308 g/mol. The molecular formula is C19H27ClN2O. The zero-order chi connectivity index (χ0) is 15.0. The first kappa shape index (κ1) is 16.8. The van der Waals surface area contributed by atoms with E-state index in [0.717, 1.165) is 32.5 Å². The molecule has 1 saturated heterocycles. The van der Waals surface area contributed by atoms with E-state index in [-0.39, 0.29) is 17.8 Å². The number of hydrogen-bond donors (Lipinski definition) is 2. The molecule has 1 aromatic carbocycles. The molecule has 0 radical (unpaired) electrons. The van der Waals surface area contributed by atoms with Crippen LogP contribution in [0.15, 0.2) is 24.3 Å². The van der Waals surface area contributed by atoms with Gasteiger partial charge in [0, 0.05) is 19.0 Å². The zero-order valence-corrected chi connectivity index (χ0v) is 14.5. The zero-order valence-electron chi connectivity index (χ0n) is 13.6. The summed E-state index contributed by atoms with van der Waals surface area (Å²) in [7, 11) is 0. The number of carbonyl (C=O) groups excluding carboxylic acids is 1. The van der Waals surface area contributed by atoms with Crippen molar-refractivity contribution < 1.29 is 4.79 Å². The molecule has 2 N–H and O–H groups in total. The van der Waals surface area contributed by atoms with E-state index in [1.807, 2.05) is 0 Å². The van der Waals surface area contributed by atoms with E-state index in [1.165, 1.54) is 36.8 Å². The average Bonchev–Trinajstić information content (AvgIpc) is 3.17. The quantitative estimate of drug-likeness (QED) is 0.892. The fourth-order valence-electron chi connectivity index (χ4n) is 4.94. The van der Waals surface area contributed by atoms with Crippen LogP contribution in [0, 0.1) is 11.3 Å². The molecule has 3 nitrogen and oxygen atoms in total. The highest BCUT2D eigenvalue weighted by atomic mass is 35.5. The van der Waals surface area contributed by atoms with Crippen LogP contribution < -0.4 is 10.6 Å². The number of aryl methyl sites for hydroxylation is 1. The summed E-state index contributed by atoms with van der Waals surface area (Å²) in [5.41, 5.74) is 2.80. The van der Waals surface area contributed by atoms with Crippen LogP contribution in [0.1, 0.15) is 49.1 Å². The highest BCUT2D eigenvalue weighted by Crippen LogP contribution is 2.44. The summed E-state index contributed by atoms with van der Waals surface area (Å²) >= 11 is 0. The largest absolute Gasteiger partial charge is 0.355 e. The first-order valence-electron chi connectivity index (χ1n) is 8.86. The summed E-state index contributed by atoms with van der Waals surface area (Å²) in [6, 6.07) is 8.71. The molecule has 1 aromatic rings. The van der Waals surface area contributed by atoms with E-state index in [1.54, 1.807) is 0 Å². The number of halogens is 1. The smallest absolute Gasteiger partial charge is 0.227 e. The maximum Gasteiger partial charge on any atom is 0.227 e. The van der Waals surface area contributed by atoms with Crippen molar-refractivity contribution in [3.63, 3.8) is 0 Å². The molecule has 1 aliphatic heterocycles. The highest BCUT2D eigenvalue weighted by Gasteiger charge is 2.49. The lowest BCUT2D eigenvalue weighted by Gasteiger charge is -2.37. The summed E-state index contributed by atoms with van der Waals surface area (Å²) in [5, 5.41) is 6.79. The Morgan fingerprint density at radius 2 is 2.13 bits per heavy atom. The van der Waals surface area contributed by atoms with Gasteiger partial charge in [0.25, 0.3) is 0 Å². The molecule has 4 rings (SSSR count). The van der Waals surface area contributed by atoms with E-state index < -0.39 is 0 Å². The molecule has 0 aromatic heterocycles. The number of benzene rings is 1. The molecule has 0 bridgehead atoms. The Hall–Kier alpha value is -1.06. The maximum absolute atomic E-state index is 12.9. The van der Waals surface area contributed by atoms with Crippen LogP contribution in [0.5, 0.6) is 0 Å². The summed E-state index contributed by atoms with van der Waals surface area (Å²) in [6.45, 7) is 2.72. The summed E-state index contributed by atoms with van der Waals surface area (Å²) in [4.78, 5) is 12.9. The predicted molar refractivity (Wildman–Crippen MR) is 95.0 cm³/mol. The number of amides is 1. The molecule has 2 aliphatic carbocycles. The maximum atomic E-state index is 12.9. The standard InChI is InChI=1S/C19H26N2O.ClH/c22-18(19-10-4-3-6-16(19)12-20-13-19)21-11-15-9-8-14-5-1-2-7-17(14)15;/h1-2,5,7,15-16,20H,3-4,6,8-13H2,(H,21,22);1H/t15?,16-,19+;/m0./s1. The lowest BCUT2D eigenvalue weighted by atomic mass is 9.67.